The van der Waals surface area contributed by atoms with Gasteiger partial charge in [0.15, 0.2) is 0 Å². The molecule has 0 aromatic heterocycles. The van der Waals surface area contributed by atoms with Crippen molar-refractivity contribution < 1.29 is 26.9 Å². The highest BCUT2D eigenvalue weighted by atomic mass is 32.2. The zero-order chi connectivity index (χ0) is 19.6. The quantitative estimate of drug-likeness (QED) is 0.615. The normalized spacial score (nSPS) is 14.7. The summed E-state index contributed by atoms with van der Waals surface area (Å²) in [4.78, 5) is 12.8. The van der Waals surface area contributed by atoms with E-state index in [4.69, 9.17) is 4.18 Å². The molecule has 7 heteroatoms. The van der Waals surface area contributed by atoms with Crippen LogP contribution in [0.25, 0.3) is 0 Å². The van der Waals surface area contributed by atoms with Crippen molar-refractivity contribution in [3.05, 3.63) is 71.5 Å². The number of aliphatic hydroxyl groups is 1. The SMILES string of the molecule is CC(C)(C)C(=O)C(O)(OS(=O)(=O)Cc1ccccc1)c1ccc(F)cc1. The molecule has 2 aromatic carbocycles. The number of hydrogen-bond acceptors (Lipinski definition) is 5. The lowest BCUT2D eigenvalue weighted by atomic mass is 9.83. The van der Waals surface area contributed by atoms with Gasteiger partial charge in [-0.3, -0.25) is 4.79 Å². The summed E-state index contributed by atoms with van der Waals surface area (Å²) in [5, 5.41) is 10.9. The average Bonchev–Trinajstić information content (AvgIpc) is 2.53. The standard InChI is InChI=1S/C19H21FO5S/c1-18(2,3)17(21)19(22,15-9-11-16(20)12-10-15)25-26(23,24)13-14-7-5-4-6-8-14/h4-12,22H,13H2,1-3H3. The van der Waals surface area contributed by atoms with E-state index in [1.165, 1.54) is 20.8 Å². The lowest BCUT2D eigenvalue weighted by Crippen LogP contribution is -2.46. The third-order valence-corrected chi connectivity index (χ3v) is 4.84. The van der Waals surface area contributed by atoms with E-state index in [9.17, 15) is 22.7 Å². The van der Waals surface area contributed by atoms with Crippen LogP contribution in [0.3, 0.4) is 0 Å². The maximum Gasteiger partial charge on any atom is 0.274 e. The molecule has 26 heavy (non-hydrogen) atoms. The van der Waals surface area contributed by atoms with Gasteiger partial charge in [-0.2, -0.15) is 8.42 Å². The summed E-state index contributed by atoms with van der Waals surface area (Å²) < 4.78 is 43.2. The van der Waals surface area contributed by atoms with Gasteiger partial charge in [-0.15, -0.1) is 0 Å². The van der Waals surface area contributed by atoms with E-state index in [0.717, 1.165) is 24.3 Å². The van der Waals surface area contributed by atoms with Crippen LogP contribution < -0.4 is 0 Å². The molecule has 1 atom stereocenters. The van der Waals surface area contributed by atoms with Crippen LogP contribution in [0, 0.1) is 11.2 Å². The summed E-state index contributed by atoms with van der Waals surface area (Å²) in [7, 11) is -4.32. The van der Waals surface area contributed by atoms with Crippen LogP contribution in [0.15, 0.2) is 54.6 Å². The minimum Gasteiger partial charge on any atom is -0.355 e. The molecule has 0 amide bonds. The Labute approximate surface area is 152 Å². The van der Waals surface area contributed by atoms with E-state index >= 15 is 0 Å². The summed E-state index contributed by atoms with van der Waals surface area (Å²) in [6, 6.07) is 12.5. The summed E-state index contributed by atoms with van der Waals surface area (Å²) in [6.45, 7) is 4.57. The third-order valence-electron chi connectivity index (χ3n) is 3.66. The van der Waals surface area contributed by atoms with E-state index in [0.29, 0.717) is 5.56 Å². The minimum atomic E-state index is -4.32. The maximum atomic E-state index is 13.2. The van der Waals surface area contributed by atoms with Gasteiger partial charge in [0.2, 0.25) is 5.78 Å². The van der Waals surface area contributed by atoms with Gasteiger partial charge in [0, 0.05) is 11.0 Å². The molecule has 0 aliphatic carbocycles. The van der Waals surface area contributed by atoms with Crippen LogP contribution in [0.2, 0.25) is 0 Å². The molecule has 0 bridgehead atoms. The highest BCUT2D eigenvalue weighted by molar-refractivity contribution is 7.86. The zero-order valence-corrected chi connectivity index (χ0v) is 15.6. The highest BCUT2D eigenvalue weighted by Crippen LogP contribution is 2.34. The Morgan fingerprint density at radius 3 is 2.08 bits per heavy atom. The Morgan fingerprint density at radius 1 is 1.04 bits per heavy atom. The lowest BCUT2D eigenvalue weighted by Gasteiger charge is -2.32. The van der Waals surface area contributed by atoms with Gasteiger partial charge in [0.05, 0.1) is 0 Å². The largest absolute Gasteiger partial charge is 0.355 e. The van der Waals surface area contributed by atoms with E-state index < -0.39 is 38.7 Å². The fraction of sp³-hybridized carbons (Fsp3) is 0.316. The van der Waals surface area contributed by atoms with E-state index in [1.807, 2.05) is 0 Å². The number of hydrogen-bond donors (Lipinski definition) is 1. The smallest absolute Gasteiger partial charge is 0.274 e. The van der Waals surface area contributed by atoms with E-state index in [2.05, 4.69) is 0 Å². The van der Waals surface area contributed by atoms with Crippen LogP contribution >= 0.6 is 0 Å². The molecule has 0 radical (unpaired) electrons. The summed E-state index contributed by atoms with van der Waals surface area (Å²) in [6.07, 6.45) is 0. The Balaban J connectivity index is 2.44. The average molecular weight is 380 g/mol. The highest BCUT2D eigenvalue weighted by Gasteiger charge is 2.48. The van der Waals surface area contributed by atoms with Gasteiger partial charge in [-0.1, -0.05) is 63.2 Å². The van der Waals surface area contributed by atoms with Crippen LogP contribution in [-0.4, -0.2) is 19.3 Å². The molecule has 0 heterocycles. The van der Waals surface area contributed by atoms with Crippen molar-refractivity contribution in [1.29, 1.82) is 0 Å². The van der Waals surface area contributed by atoms with Crippen molar-refractivity contribution in [1.82, 2.24) is 0 Å². The van der Waals surface area contributed by atoms with Crippen molar-refractivity contribution in [3.8, 4) is 0 Å². The fourth-order valence-corrected chi connectivity index (χ4v) is 3.59. The predicted octanol–water partition coefficient (Wildman–Crippen LogP) is 3.13. The van der Waals surface area contributed by atoms with Crippen LogP contribution in [-0.2, 0) is 30.6 Å². The van der Waals surface area contributed by atoms with Gasteiger partial charge in [0.1, 0.15) is 11.6 Å². The summed E-state index contributed by atoms with van der Waals surface area (Å²) in [5.41, 5.74) is -0.821. The second-order valence-electron chi connectivity index (χ2n) is 7.00. The molecular formula is C19H21FO5S. The van der Waals surface area contributed by atoms with Gasteiger partial charge < -0.3 is 5.11 Å². The lowest BCUT2D eigenvalue weighted by molar-refractivity contribution is -0.183. The van der Waals surface area contributed by atoms with Crippen LogP contribution in [0.5, 0.6) is 0 Å². The Kier molecular flexibility index (Phi) is 5.65. The number of Topliss-reactive ketones (excluding diaryl/α,β-unsaturated/α-hetero) is 1. The first-order chi connectivity index (χ1) is 11.9. The second-order valence-corrected chi connectivity index (χ2v) is 8.57. The molecule has 1 N–H and O–H groups in total. The molecule has 0 saturated heterocycles. The molecule has 0 spiro atoms. The van der Waals surface area contributed by atoms with Gasteiger partial charge in [0.25, 0.3) is 15.9 Å². The number of rotatable bonds is 6. The monoisotopic (exact) mass is 380 g/mol. The summed E-state index contributed by atoms with van der Waals surface area (Å²) >= 11 is 0. The maximum absolute atomic E-state index is 13.2. The first-order valence-corrected chi connectivity index (χ1v) is 9.52. The molecule has 1 unspecified atom stereocenters. The molecule has 0 saturated carbocycles. The minimum absolute atomic E-state index is 0.157. The van der Waals surface area contributed by atoms with Crippen LogP contribution in [0.4, 0.5) is 4.39 Å². The molecule has 0 aliphatic rings. The number of benzene rings is 2. The molecule has 0 fully saturated rings. The number of ketones is 1. The van der Waals surface area contributed by atoms with Gasteiger partial charge >= 0.3 is 0 Å². The van der Waals surface area contributed by atoms with Crippen molar-refractivity contribution in [2.45, 2.75) is 32.3 Å². The van der Waals surface area contributed by atoms with Gasteiger partial charge in [-0.05, 0) is 17.7 Å². The Hall–Kier alpha value is -2.09. The van der Waals surface area contributed by atoms with Crippen molar-refractivity contribution in [2.24, 2.45) is 5.41 Å². The van der Waals surface area contributed by atoms with Crippen molar-refractivity contribution in [3.63, 3.8) is 0 Å². The van der Waals surface area contributed by atoms with Crippen molar-refractivity contribution >= 4 is 15.9 Å². The molecular weight excluding hydrogens is 359 g/mol. The summed E-state index contributed by atoms with van der Waals surface area (Å²) in [5.74, 6) is -4.71. The Morgan fingerprint density at radius 2 is 1.58 bits per heavy atom. The second kappa shape index (κ2) is 7.26. The number of carbonyl (C=O) groups excluding carboxylic acids is 1. The molecule has 0 aliphatic heterocycles. The van der Waals surface area contributed by atoms with Crippen molar-refractivity contribution in [2.75, 3.05) is 0 Å². The fourth-order valence-electron chi connectivity index (χ4n) is 2.39. The first-order valence-electron chi connectivity index (χ1n) is 7.95. The Bertz CT molecular complexity index is 870. The molecule has 2 rings (SSSR count). The number of carbonyl (C=O) groups is 1. The van der Waals surface area contributed by atoms with Crippen LogP contribution in [0.1, 0.15) is 31.9 Å². The van der Waals surface area contributed by atoms with E-state index in [1.54, 1.807) is 30.3 Å². The molecule has 2 aromatic rings. The third kappa shape index (κ3) is 4.75. The van der Waals surface area contributed by atoms with Gasteiger partial charge in [-0.25, -0.2) is 8.57 Å². The topological polar surface area (TPSA) is 80.7 Å². The number of halogens is 1. The predicted molar refractivity (Wildman–Crippen MR) is 94.9 cm³/mol. The first kappa shape index (κ1) is 20.2. The van der Waals surface area contributed by atoms with E-state index in [-0.39, 0.29) is 5.56 Å². The zero-order valence-electron chi connectivity index (χ0n) is 14.8. The molecule has 140 valence electrons. The molecule has 5 nitrogen and oxygen atoms in total.